The van der Waals surface area contributed by atoms with E-state index in [0.29, 0.717) is 25.9 Å². The van der Waals surface area contributed by atoms with E-state index in [0.717, 1.165) is 11.3 Å². The summed E-state index contributed by atoms with van der Waals surface area (Å²) in [5.41, 5.74) is 4.40. The van der Waals surface area contributed by atoms with Crippen molar-refractivity contribution in [3.63, 3.8) is 0 Å². The zero-order valence-corrected chi connectivity index (χ0v) is 15.9. The lowest BCUT2D eigenvalue weighted by Gasteiger charge is -2.09. The summed E-state index contributed by atoms with van der Waals surface area (Å²) in [5.74, 6) is -0.0255. The molecule has 2 aromatic rings. The molecule has 26 heavy (non-hydrogen) atoms. The van der Waals surface area contributed by atoms with Crippen LogP contribution in [0.15, 0.2) is 47.4 Å². The molecule has 0 atom stereocenters. The van der Waals surface area contributed by atoms with Crippen LogP contribution in [0.2, 0.25) is 0 Å². The van der Waals surface area contributed by atoms with E-state index < -0.39 is 10.0 Å². The first-order chi connectivity index (χ1) is 12.3. The first-order valence-electron chi connectivity index (χ1n) is 8.45. The molecule has 0 aromatic heterocycles. The van der Waals surface area contributed by atoms with Crippen molar-refractivity contribution < 1.29 is 13.2 Å². The normalized spacial score (nSPS) is 11.2. The van der Waals surface area contributed by atoms with Crippen LogP contribution in [0.25, 0.3) is 0 Å². The highest BCUT2D eigenvalue weighted by Gasteiger charge is 2.07. The Kier molecular flexibility index (Phi) is 6.76. The first kappa shape index (κ1) is 19.9. The number of hydrogen-bond acceptors (Lipinski definition) is 4. The second-order valence-corrected chi connectivity index (χ2v) is 7.83. The number of carbonyl (C=O) groups excluding carboxylic acids is 1. The van der Waals surface area contributed by atoms with Crippen LogP contribution in [-0.2, 0) is 21.2 Å². The van der Waals surface area contributed by atoms with Crippen LogP contribution in [-0.4, -0.2) is 27.4 Å². The van der Waals surface area contributed by atoms with Gasteiger partial charge in [0.1, 0.15) is 0 Å². The third kappa shape index (κ3) is 6.16. The number of hydrogen-bond donors (Lipinski definition) is 3. The molecule has 0 saturated carbocycles. The Morgan fingerprint density at radius 2 is 1.69 bits per heavy atom. The average molecular weight is 375 g/mol. The summed E-state index contributed by atoms with van der Waals surface area (Å²) in [7, 11) is -3.67. The van der Waals surface area contributed by atoms with Crippen molar-refractivity contribution in [3.05, 3.63) is 59.2 Å². The predicted octanol–water partition coefficient (Wildman–Crippen LogP) is 2.11. The van der Waals surface area contributed by atoms with Crippen LogP contribution in [0.3, 0.4) is 0 Å². The fourth-order valence-electron chi connectivity index (χ4n) is 2.45. The summed E-state index contributed by atoms with van der Waals surface area (Å²) in [4.78, 5) is 12.0. The van der Waals surface area contributed by atoms with Crippen LogP contribution < -0.4 is 15.8 Å². The lowest BCUT2D eigenvalue weighted by Crippen LogP contribution is -2.27. The SMILES string of the molecule is Cc1ccc(NCCC(=O)NCCc2ccc(S(N)(=O)=O)cc2)cc1C. The van der Waals surface area contributed by atoms with Gasteiger partial charge in [0.05, 0.1) is 4.90 Å². The number of aryl methyl sites for hydroxylation is 2. The third-order valence-electron chi connectivity index (χ3n) is 4.18. The van der Waals surface area contributed by atoms with Crippen LogP contribution >= 0.6 is 0 Å². The number of amides is 1. The molecule has 0 aliphatic carbocycles. The van der Waals surface area contributed by atoms with Gasteiger partial charge in [0.15, 0.2) is 0 Å². The molecule has 0 aliphatic rings. The number of carbonyl (C=O) groups is 1. The summed E-state index contributed by atoms with van der Waals surface area (Å²) in [6, 6.07) is 12.5. The van der Waals surface area contributed by atoms with Gasteiger partial charge in [-0.2, -0.15) is 0 Å². The number of sulfonamides is 1. The van der Waals surface area contributed by atoms with Crippen molar-refractivity contribution in [3.8, 4) is 0 Å². The number of nitrogens with one attached hydrogen (secondary N) is 2. The monoisotopic (exact) mass is 375 g/mol. The maximum Gasteiger partial charge on any atom is 0.238 e. The fourth-order valence-corrected chi connectivity index (χ4v) is 2.97. The number of nitrogens with two attached hydrogens (primary N) is 1. The highest BCUT2D eigenvalue weighted by molar-refractivity contribution is 7.89. The summed E-state index contributed by atoms with van der Waals surface area (Å²) in [6.07, 6.45) is 1.01. The molecular weight excluding hydrogens is 350 g/mol. The van der Waals surface area contributed by atoms with Gasteiger partial charge >= 0.3 is 0 Å². The molecule has 0 saturated heterocycles. The Bertz CT molecular complexity index is 862. The second kappa shape index (κ2) is 8.82. The summed E-state index contributed by atoms with van der Waals surface area (Å²) >= 11 is 0. The van der Waals surface area contributed by atoms with Gasteiger partial charge in [0.25, 0.3) is 0 Å². The molecule has 0 spiro atoms. The van der Waals surface area contributed by atoms with E-state index in [2.05, 4.69) is 36.6 Å². The molecule has 0 bridgehead atoms. The molecule has 2 aromatic carbocycles. The van der Waals surface area contributed by atoms with E-state index in [-0.39, 0.29) is 10.8 Å². The van der Waals surface area contributed by atoms with Gasteiger partial charge in [-0.25, -0.2) is 13.6 Å². The highest BCUT2D eigenvalue weighted by atomic mass is 32.2. The number of rotatable bonds is 8. The molecule has 6 nitrogen and oxygen atoms in total. The van der Waals surface area contributed by atoms with Gasteiger partial charge in [0, 0.05) is 25.2 Å². The topological polar surface area (TPSA) is 101 Å². The van der Waals surface area contributed by atoms with Crippen molar-refractivity contribution in [2.45, 2.75) is 31.6 Å². The molecular formula is C19H25N3O3S. The second-order valence-electron chi connectivity index (χ2n) is 6.26. The fraction of sp³-hybridized carbons (Fsp3) is 0.316. The van der Waals surface area contributed by atoms with E-state index in [1.807, 2.05) is 6.07 Å². The van der Waals surface area contributed by atoms with Gasteiger partial charge < -0.3 is 10.6 Å². The zero-order valence-electron chi connectivity index (χ0n) is 15.1. The van der Waals surface area contributed by atoms with Gasteiger partial charge in [-0.15, -0.1) is 0 Å². The largest absolute Gasteiger partial charge is 0.385 e. The minimum atomic E-state index is -3.67. The van der Waals surface area contributed by atoms with Crippen LogP contribution in [0.5, 0.6) is 0 Å². The summed E-state index contributed by atoms with van der Waals surface area (Å²) in [5, 5.41) is 11.2. The Morgan fingerprint density at radius 1 is 1.00 bits per heavy atom. The molecule has 0 fully saturated rings. The number of primary sulfonamides is 1. The predicted molar refractivity (Wildman–Crippen MR) is 104 cm³/mol. The van der Waals surface area contributed by atoms with Gasteiger partial charge in [0.2, 0.25) is 15.9 Å². The van der Waals surface area contributed by atoms with Crippen LogP contribution in [0.4, 0.5) is 5.69 Å². The first-order valence-corrected chi connectivity index (χ1v) is 10.00. The smallest absolute Gasteiger partial charge is 0.238 e. The maximum absolute atomic E-state index is 11.9. The van der Waals surface area contributed by atoms with E-state index >= 15 is 0 Å². The Balaban J connectivity index is 1.69. The molecule has 0 unspecified atom stereocenters. The van der Waals surface area contributed by atoms with Crippen molar-refractivity contribution in [2.24, 2.45) is 5.14 Å². The lowest BCUT2D eigenvalue weighted by atomic mass is 10.1. The number of benzene rings is 2. The van der Waals surface area contributed by atoms with Crippen molar-refractivity contribution >= 4 is 21.6 Å². The maximum atomic E-state index is 11.9. The summed E-state index contributed by atoms with van der Waals surface area (Å²) < 4.78 is 22.4. The van der Waals surface area contributed by atoms with Gasteiger partial charge in [-0.3, -0.25) is 4.79 Å². The van der Waals surface area contributed by atoms with E-state index in [1.54, 1.807) is 12.1 Å². The minimum absolute atomic E-state index is 0.0255. The van der Waals surface area contributed by atoms with Crippen molar-refractivity contribution in [2.75, 3.05) is 18.4 Å². The minimum Gasteiger partial charge on any atom is -0.385 e. The lowest BCUT2D eigenvalue weighted by molar-refractivity contribution is -0.120. The Morgan fingerprint density at radius 3 is 2.31 bits per heavy atom. The molecule has 2 rings (SSSR count). The zero-order chi connectivity index (χ0) is 19.2. The van der Waals surface area contributed by atoms with E-state index in [1.165, 1.54) is 23.3 Å². The molecule has 1 amide bonds. The summed E-state index contributed by atoms with van der Waals surface area (Å²) in [6.45, 7) is 5.19. The van der Waals surface area contributed by atoms with E-state index in [4.69, 9.17) is 5.14 Å². The molecule has 4 N–H and O–H groups in total. The molecule has 140 valence electrons. The Labute approximate surface area is 154 Å². The highest BCUT2D eigenvalue weighted by Crippen LogP contribution is 2.14. The van der Waals surface area contributed by atoms with Crippen LogP contribution in [0, 0.1) is 13.8 Å². The van der Waals surface area contributed by atoms with Gasteiger partial charge in [-0.05, 0) is 61.2 Å². The molecule has 0 radical (unpaired) electrons. The average Bonchev–Trinajstić information content (AvgIpc) is 2.58. The molecule has 7 heteroatoms. The standard InChI is InChI=1S/C19H25N3O3S/c1-14-3-6-17(13-15(14)2)21-12-10-19(23)22-11-9-16-4-7-18(8-5-16)26(20,24)25/h3-8,13,21H,9-12H2,1-2H3,(H,22,23)(H2,20,24,25). The van der Waals surface area contributed by atoms with Gasteiger partial charge in [-0.1, -0.05) is 18.2 Å². The van der Waals surface area contributed by atoms with E-state index in [9.17, 15) is 13.2 Å². The molecule has 0 heterocycles. The molecule has 0 aliphatic heterocycles. The third-order valence-corrected chi connectivity index (χ3v) is 5.11. The van der Waals surface area contributed by atoms with Crippen molar-refractivity contribution in [1.29, 1.82) is 0 Å². The quantitative estimate of drug-likeness (QED) is 0.658. The Hall–Kier alpha value is -2.38. The van der Waals surface area contributed by atoms with Crippen LogP contribution in [0.1, 0.15) is 23.1 Å². The number of anilines is 1. The van der Waals surface area contributed by atoms with Crippen molar-refractivity contribution in [1.82, 2.24) is 5.32 Å².